The van der Waals surface area contributed by atoms with Crippen molar-refractivity contribution in [3.05, 3.63) is 30.3 Å². The van der Waals surface area contributed by atoms with Crippen LogP contribution in [0.2, 0.25) is 0 Å². The van der Waals surface area contributed by atoms with Gasteiger partial charge in [0.05, 0.1) is 6.61 Å². The first-order valence-corrected chi connectivity index (χ1v) is 7.59. The third kappa shape index (κ3) is 7.55. The van der Waals surface area contributed by atoms with E-state index in [-0.39, 0.29) is 24.0 Å². The third-order valence-electron chi connectivity index (χ3n) is 3.55. The molecule has 4 nitrogen and oxygen atoms in total. The molecule has 0 saturated heterocycles. The van der Waals surface area contributed by atoms with Crippen LogP contribution >= 0.6 is 24.0 Å². The topological polar surface area (TPSA) is 59.6 Å². The minimum absolute atomic E-state index is 0. The SMILES string of the molecule is I.NC(=NCCCOc1ccccc1)NC1CCCCC1. The molecule has 0 atom stereocenters. The second-order valence-corrected chi connectivity index (χ2v) is 5.26. The maximum atomic E-state index is 5.90. The van der Waals surface area contributed by atoms with Crippen LogP contribution in [0.15, 0.2) is 35.3 Å². The first kappa shape index (κ1) is 18.1. The Hall–Kier alpha value is -0.980. The van der Waals surface area contributed by atoms with Crippen LogP contribution in [-0.4, -0.2) is 25.2 Å². The minimum Gasteiger partial charge on any atom is -0.494 e. The normalized spacial score (nSPS) is 16.1. The summed E-state index contributed by atoms with van der Waals surface area (Å²) in [6, 6.07) is 10.4. The average molecular weight is 403 g/mol. The van der Waals surface area contributed by atoms with E-state index in [0.717, 1.165) is 12.2 Å². The van der Waals surface area contributed by atoms with Crippen molar-refractivity contribution in [3.8, 4) is 5.75 Å². The monoisotopic (exact) mass is 403 g/mol. The smallest absolute Gasteiger partial charge is 0.188 e. The second-order valence-electron chi connectivity index (χ2n) is 5.26. The minimum atomic E-state index is 0. The predicted molar refractivity (Wildman–Crippen MR) is 98.5 cm³/mol. The van der Waals surface area contributed by atoms with Crippen LogP contribution in [0.1, 0.15) is 38.5 Å². The van der Waals surface area contributed by atoms with Gasteiger partial charge >= 0.3 is 0 Å². The Labute approximate surface area is 144 Å². The molecule has 1 aliphatic carbocycles. The van der Waals surface area contributed by atoms with Crippen molar-refractivity contribution in [1.29, 1.82) is 0 Å². The molecule has 3 N–H and O–H groups in total. The van der Waals surface area contributed by atoms with E-state index in [9.17, 15) is 0 Å². The number of nitrogens with one attached hydrogen (secondary N) is 1. The van der Waals surface area contributed by atoms with Crippen molar-refractivity contribution in [2.45, 2.75) is 44.6 Å². The van der Waals surface area contributed by atoms with Gasteiger partial charge in [0.1, 0.15) is 5.75 Å². The fourth-order valence-corrected chi connectivity index (χ4v) is 2.47. The molecule has 0 spiro atoms. The van der Waals surface area contributed by atoms with E-state index >= 15 is 0 Å². The summed E-state index contributed by atoms with van der Waals surface area (Å²) in [6.07, 6.45) is 7.26. The van der Waals surface area contributed by atoms with Gasteiger partial charge in [-0.2, -0.15) is 0 Å². The molecule has 1 saturated carbocycles. The van der Waals surface area contributed by atoms with Crippen LogP contribution in [0, 0.1) is 0 Å². The number of hydrogen-bond donors (Lipinski definition) is 2. The first-order chi connectivity index (χ1) is 9.84. The van der Waals surface area contributed by atoms with Crippen molar-refractivity contribution >= 4 is 29.9 Å². The van der Waals surface area contributed by atoms with Crippen molar-refractivity contribution in [2.24, 2.45) is 10.7 Å². The van der Waals surface area contributed by atoms with E-state index < -0.39 is 0 Å². The summed E-state index contributed by atoms with van der Waals surface area (Å²) in [5.74, 6) is 1.49. The van der Waals surface area contributed by atoms with Gasteiger partial charge in [0.25, 0.3) is 0 Å². The number of nitrogens with zero attached hydrogens (tertiary/aromatic N) is 1. The molecule has 1 aliphatic rings. The van der Waals surface area contributed by atoms with E-state index in [4.69, 9.17) is 10.5 Å². The third-order valence-corrected chi connectivity index (χ3v) is 3.55. The summed E-state index contributed by atoms with van der Waals surface area (Å²) < 4.78 is 5.61. The molecule has 21 heavy (non-hydrogen) atoms. The number of para-hydroxylation sites is 1. The Balaban J connectivity index is 0.00000220. The lowest BCUT2D eigenvalue weighted by atomic mass is 9.96. The second kappa shape index (κ2) is 10.7. The predicted octanol–water partition coefficient (Wildman–Crippen LogP) is 3.31. The molecule has 1 fully saturated rings. The Morgan fingerprint density at radius 2 is 1.90 bits per heavy atom. The molecule has 1 aromatic rings. The Morgan fingerprint density at radius 1 is 1.19 bits per heavy atom. The van der Waals surface area contributed by atoms with E-state index in [1.54, 1.807) is 0 Å². The number of nitrogens with two attached hydrogens (primary N) is 1. The zero-order chi connectivity index (χ0) is 14.0. The van der Waals surface area contributed by atoms with Crippen LogP contribution in [0.3, 0.4) is 0 Å². The number of aliphatic imine (C=N–C) groups is 1. The van der Waals surface area contributed by atoms with Gasteiger partial charge in [0, 0.05) is 19.0 Å². The van der Waals surface area contributed by atoms with Gasteiger partial charge in [-0.1, -0.05) is 37.5 Å². The van der Waals surface area contributed by atoms with Crippen molar-refractivity contribution < 1.29 is 4.74 Å². The van der Waals surface area contributed by atoms with E-state index in [2.05, 4.69) is 10.3 Å². The Morgan fingerprint density at radius 3 is 2.62 bits per heavy atom. The van der Waals surface area contributed by atoms with Crippen LogP contribution in [0.5, 0.6) is 5.75 Å². The quantitative estimate of drug-likeness (QED) is 0.332. The summed E-state index contributed by atoms with van der Waals surface area (Å²) in [5, 5.41) is 3.31. The highest BCUT2D eigenvalue weighted by atomic mass is 127. The largest absolute Gasteiger partial charge is 0.494 e. The fourth-order valence-electron chi connectivity index (χ4n) is 2.47. The van der Waals surface area contributed by atoms with Crippen molar-refractivity contribution in [2.75, 3.05) is 13.2 Å². The number of benzene rings is 1. The molecule has 0 amide bonds. The number of guanidine groups is 1. The highest BCUT2D eigenvalue weighted by molar-refractivity contribution is 14.0. The Kier molecular flexibility index (Phi) is 9.21. The molecule has 1 aromatic carbocycles. The lowest BCUT2D eigenvalue weighted by molar-refractivity contribution is 0.313. The summed E-state index contributed by atoms with van der Waals surface area (Å²) in [7, 11) is 0. The van der Waals surface area contributed by atoms with Gasteiger partial charge in [-0.25, -0.2) is 0 Å². The van der Waals surface area contributed by atoms with Gasteiger partial charge < -0.3 is 15.8 Å². The molecule has 0 radical (unpaired) electrons. The summed E-state index contributed by atoms with van der Waals surface area (Å²) in [4.78, 5) is 4.35. The number of hydrogen-bond acceptors (Lipinski definition) is 2. The first-order valence-electron chi connectivity index (χ1n) is 7.59. The average Bonchev–Trinajstić information content (AvgIpc) is 2.49. The molecule has 0 bridgehead atoms. The van der Waals surface area contributed by atoms with Crippen LogP contribution in [0.25, 0.3) is 0 Å². The maximum Gasteiger partial charge on any atom is 0.188 e. The number of rotatable bonds is 6. The van der Waals surface area contributed by atoms with Gasteiger partial charge in [-0.3, -0.25) is 4.99 Å². The van der Waals surface area contributed by atoms with Crippen LogP contribution < -0.4 is 15.8 Å². The lowest BCUT2D eigenvalue weighted by Gasteiger charge is -2.23. The lowest BCUT2D eigenvalue weighted by Crippen LogP contribution is -2.41. The van der Waals surface area contributed by atoms with Crippen LogP contribution in [0.4, 0.5) is 0 Å². The van der Waals surface area contributed by atoms with Gasteiger partial charge in [0.15, 0.2) is 5.96 Å². The number of halogens is 1. The van der Waals surface area contributed by atoms with E-state index in [0.29, 0.717) is 25.2 Å². The maximum absolute atomic E-state index is 5.90. The zero-order valence-electron chi connectivity index (χ0n) is 12.5. The zero-order valence-corrected chi connectivity index (χ0v) is 14.8. The fraction of sp³-hybridized carbons (Fsp3) is 0.562. The van der Waals surface area contributed by atoms with Gasteiger partial charge in [-0.15, -0.1) is 24.0 Å². The molecule has 0 unspecified atom stereocenters. The van der Waals surface area contributed by atoms with Crippen molar-refractivity contribution in [3.63, 3.8) is 0 Å². The summed E-state index contributed by atoms with van der Waals surface area (Å²) in [5.41, 5.74) is 5.90. The highest BCUT2D eigenvalue weighted by Crippen LogP contribution is 2.17. The molecule has 0 aliphatic heterocycles. The molecule has 5 heteroatoms. The van der Waals surface area contributed by atoms with Crippen LogP contribution in [-0.2, 0) is 0 Å². The van der Waals surface area contributed by atoms with E-state index in [1.165, 1.54) is 32.1 Å². The molecule has 0 heterocycles. The molecule has 118 valence electrons. The standard InChI is InChI=1S/C16H25N3O.HI/c17-16(19-14-8-3-1-4-9-14)18-12-7-13-20-15-10-5-2-6-11-15;/h2,5-6,10-11,14H,1,3-4,7-9,12-13H2,(H3,17,18,19);1H. The molecular weight excluding hydrogens is 377 g/mol. The summed E-state index contributed by atoms with van der Waals surface area (Å²) >= 11 is 0. The molecular formula is C16H26IN3O. The van der Waals surface area contributed by atoms with E-state index in [1.807, 2.05) is 30.3 Å². The Bertz CT molecular complexity index is 405. The number of ether oxygens (including phenoxy) is 1. The molecule has 2 rings (SSSR count). The molecule has 0 aromatic heterocycles. The van der Waals surface area contributed by atoms with Gasteiger partial charge in [-0.05, 0) is 25.0 Å². The summed E-state index contributed by atoms with van der Waals surface area (Å²) in [6.45, 7) is 1.38. The van der Waals surface area contributed by atoms with Crippen molar-refractivity contribution in [1.82, 2.24) is 5.32 Å². The highest BCUT2D eigenvalue weighted by Gasteiger charge is 2.12. The van der Waals surface area contributed by atoms with Gasteiger partial charge in [0.2, 0.25) is 0 Å².